The lowest BCUT2D eigenvalue weighted by molar-refractivity contribution is -0.136. The minimum absolute atomic E-state index is 0.000770. The number of carbonyl (C=O) groups excluding carboxylic acids is 1. The standard InChI is InChI=1S/C21H27BrN4O/c1-12(2)14-6-7-16(13(3)10-14)18-19(27)26(5)20(23)25-21(18,4)15-8-9-24-17(22)11-15/h6-13,16,18H,1-5H3,(H2,23,25)/t13?,16?,18-,21-/m1/s1. The Balaban J connectivity index is 2.11. The smallest absolute Gasteiger partial charge is 0.235 e. The van der Waals surface area contributed by atoms with E-state index in [1.807, 2.05) is 19.1 Å². The SMILES string of the molecule is CC(C)C1=CC(C)C([C@@H]2C(=O)N(C)C(N)=N[C@]2(C)c2ccnc(Br)c2)C=C1. The van der Waals surface area contributed by atoms with Gasteiger partial charge in [-0.2, -0.15) is 0 Å². The number of carbonyl (C=O) groups is 1. The summed E-state index contributed by atoms with van der Waals surface area (Å²) in [5.74, 6) is 0.634. The number of aromatic nitrogens is 1. The Morgan fingerprint density at radius 1 is 1.37 bits per heavy atom. The first-order valence-electron chi connectivity index (χ1n) is 9.30. The van der Waals surface area contributed by atoms with Gasteiger partial charge in [0.15, 0.2) is 5.96 Å². The van der Waals surface area contributed by atoms with Crippen molar-refractivity contribution in [3.63, 3.8) is 0 Å². The number of halogens is 1. The summed E-state index contributed by atoms with van der Waals surface area (Å²) in [7, 11) is 1.70. The van der Waals surface area contributed by atoms with E-state index in [4.69, 9.17) is 10.7 Å². The molecule has 1 aromatic rings. The van der Waals surface area contributed by atoms with Crippen LogP contribution < -0.4 is 5.73 Å². The lowest BCUT2D eigenvalue weighted by Gasteiger charge is -2.45. The van der Waals surface area contributed by atoms with E-state index in [0.29, 0.717) is 10.5 Å². The molecule has 0 radical (unpaired) electrons. The number of aliphatic imine (C=N–C) groups is 1. The fourth-order valence-electron chi connectivity index (χ4n) is 4.11. The van der Waals surface area contributed by atoms with E-state index in [-0.39, 0.29) is 29.6 Å². The van der Waals surface area contributed by atoms with E-state index >= 15 is 0 Å². The Morgan fingerprint density at radius 2 is 2.07 bits per heavy atom. The van der Waals surface area contributed by atoms with Crippen LogP contribution in [0.15, 0.2) is 51.7 Å². The second-order valence-corrected chi connectivity index (χ2v) is 8.79. The summed E-state index contributed by atoms with van der Waals surface area (Å²) in [6, 6.07) is 3.84. The molecule has 144 valence electrons. The quantitative estimate of drug-likeness (QED) is 0.739. The highest BCUT2D eigenvalue weighted by atomic mass is 79.9. The maximum atomic E-state index is 13.4. The molecule has 2 aliphatic rings. The molecule has 1 amide bonds. The molecule has 1 aromatic heterocycles. The topological polar surface area (TPSA) is 71.6 Å². The molecule has 5 nitrogen and oxygen atoms in total. The first-order valence-corrected chi connectivity index (χ1v) is 10.1. The number of guanidine groups is 1. The molecule has 0 spiro atoms. The second-order valence-electron chi connectivity index (χ2n) is 7.98. The van der Waals surface area contributed by atoms with Crippen LogP contribution in [0.3, 0.4) is 0 Å². The highest BCUT2D eigenvalue weighted by Gasteiger charge is 2.50. The van der Waals surface area contributed by atoms with Gasteiger partial charge in [0, 0.05) is 13.2 Å². The van der Waals surface area contributed by atoms with Crippen molar-refractivity contribution in [3.05, 3.63) is 52.3 Å². The van der Waals surface area contributed by atoms with Gasteiger partial charge in [0.2, 0.25) is 5.91 Å². The number of amides is 1. The fourth-order valence-corrected chi connectivity index (χ4v) is 4.48. The van der Waals surface area contributed by atoms with Crippen LogP contribution in [-0.2, 0) is 10.3 Å². The number of allylic oxidation sites excluding steroid dienone is 4. The predicted molar refractivity (Wildman–Crippen MR) is 112 cm³/mol. The maximum absolute atomic E-state index is 13.4. The lowest BCUT2D eigenvalue weighted by atomic mass is 9.66. The maximum Gasteiger partial charge on any atom is 0.235 e. The summed E-state index contributed by atoms with van der Waals surface area (Å²) in [5.41, 5.74) is 7.59. The second kappa shape index (κ2) is 7.23. The van der Waals surface area contributed by atoms with Gasteiger partial charge in [-0.05, 0) is 63.9 Å². The molecule has 2 unspecified atom stereocenters. The number of rotatable bonds is 3. The average Bonchev–Trinajstić information content (AvgIpc) is 2.61. The summed E-state index contributed by atoms with van der Waals surface area (Å²) in [4.78, 5) is 23.8. The van der Waals surface area contributed by atoms with Crippen molar-refractivity contribution in [1.82, 2.24) is 9.88 Å². The molecular formula is C21H27BrN4O. The van der Waals surface area contributed by atoms with Crippen molar-refractivity contribution in [3.8, 4) is 0 Å². The van der Waals surface area contributed by atoms with Crippen molar-refractivity contribution in [2.24, 2.45) is 34.4 Å². The first kappa shape index (κ1) is 19.8. The third-order valence-corrected chi connectivity index (χ3v) is 6.26. The van der Waals surface area contributed by atoms with E-state index in [1.54, 1.807) is 13.2 Å². The molecule has 0 saturated carbocycles. The zero-order valence-electron chi connectivity index (χ0n) is 16.5. The molecule has 1 aliphatic heterocycles. The minimum Gasteiger partial charge on any atom is -0.369 e. The normalized spacial score (nSPS) is 31.1. The van der Waals surface area contributed by atoms with Crippen molar-refractivity contribution in [2.75, 3.05) is 7.05 Å². The molecule has 4 atom stereocenters. The molecule has 6 heteroatoms. The van der Waals surface area contributed by atoms with Gasteiger partial charge in [-0.3, -0.25) is 9.69 Å². The van der Waals surface area contributed by atoms with Gasteiger partial charge in [0.05, 0.1) is 11.5 Å². The van der Waals surface area contributed by atoms with Gasteiger partial charge in [-0.25, -0.2) is 9.98 Å². The van der Waals surface area contributed by atoms with Gasteiger partial charge in [-0.1, -0.05) is 39.0 Å². The molecule has 2 heterocycles. The van der Waals surface area contributed by atoms with E-state index < -0.39 is 5.54 Å². The molecule has 0 aromatic carbocycles. The zero-order valence-corrected chi connectivity index (χ0v) is 18.1. The largest absolute Gasteiger partial charge is 0.369 e. The number of nitrogens with two attached hydrogens (primary N) is 1. The molecule has 0 fully saturated rings. The Kier molecular flexibility index (Phi) is 5.30. The predicted octanol–water partition coefficient (Wildman–Crippen LogP) is 3.87. The molecular weight excluding hydrogens is 404 g/mol. The summed E-state index contributed by atoms with van der Waals surface area (Å²) in [6.07, 6.45) is 8.36. The van der Waals surface area contributed by atoms with Crippen LogP contribution in [0.1, 0.15) is 33.3 Å². The summed E-state index contributed by atoms with van der Waals surface area (Å²) in [6.45, 7) is 8.55. The van der Waals surface area contributed by atoms with Crippen LogP contribution in [0.4, 0.5) is 0 Å². The van der Waals surface area contributed by atoms with E-state index in [0.717, 1.165) is 5.56 Å². The number of hydrogen-bond donors (Lipinski definition) is 1. The number of pyridine rings is 1. The lowest BCUT2D eigenvalue weighted by Crippen LogP contribution is -2.56. The van der Waals surface area contributed by atoms with E-state index in [1.165, 1.54) is 10.5 Å². The molecule has 0 saturated heterocycles. The van der Waals surface area contributed by atoms with Crippen LogP contribution in [-0.4, -0.2) is 28.8 Å². The van der Waals surface area contributed by atoms with Crippen LogP contribution in [0.25, 0.3) is 0 Å². The van der Waals surface area contributed by atoms with Gasteiger partial charge >= 0.3 is 0 Å². The summed E-state index contributed by atoms with van der Waals surface area (Å²) >= 11 is 3.44. The monoisotopic (exact) mass is 430 g/mol. The van der Waals surface area contributed by atoms with Gasteiger partial charge in [0.1, 0.15) is 4.60 Å². The van der Waals surface area contributed by atoms with Crippen molar-refractivity contribution in [2.45, 2.75) is 33.2 Å². The molecule has 1 aliphatic carbocycles. The van der Waals surface area contributed by atoms with Crippen molar-refractivity contribution >= 4 is 27.8 Å². The van der Waals surface area contributed by atoms with Gasteiger partial charge in [-0.15, -0.1) is 0 Å². The van der Waals surface area contributed by atoms with E-state index in [2.05, 4.69) is 59.9 Å². The van der Waals surface area contributed by atoms with Crippen LogP contribution >= 0.6 is 15.9 Å². The van der Waals surface area contributed by atoms with Gasteiger partial charge in [0.25, 0.3) is 0 Å². The van der Waals surface area contributed by atoms with Crippen LogP contribution in [0.2, 0.25) is 0 Å². The first-order chi connectivity index (χ1) is 12.6. The Bertz CT molecular complexity index is 844. The molecule has 3 rings (SSSR count). The average molecular weight is 431 g/mol. The number of nitrogens with zero attached hydrogens (tertiary/aromatic N) is 3. The zero-order chi connectivity index (χ0) is 19.9. The Morgan fingerprint density at radius 3 is 2.67 bits per heavy atom. The van der Waals surface area contributed by atoms with Gasteiger partial charge < -0.3 is 5.73 Å². The molecule has 0 bridgehead atoms. The Labute approximate surface area is 169 Å². The number of hydrogen-bond acceptors (Lipinski definition) is 4. The highest BCUT2D eigenvalue weighted by Crippen LogP contribution is 2.46. The minimum atomic E-state index is -0.758. The van der Waals surface area contributed by atoms with E-state index in [9.17, 15) is 4.79 Å². The Hall–Kier alpha value is -1.95. The third kappa shape index (κ3) is 3.47. The molecule has 2 N–H and O–H groups in total. The fraction of sp³-hybridized carbons (Fsp3) is 0.476. The molecule has 27 heavy (non-hydrogen) atoms. The third-order valence-electron chi connectivity index (χ3n) is 5.83. The summed E-state index contributed by atoms with van der Waals surface area (Å²) < 4.78 is 0.717. The van der Waals surface area contributed by atoms with Crippen molar-refractivity contribution in [1.29, 1.82) is 0 Å². The van der Waals surface area contributed by atoms with Crippen LogP contribution in [0.5, 0.6) is 0 Å². The summed E-state index contributed by atoms with van der Waals surface area (Å²) in [5, 5.41) is 0. The van der Waals surface area contributed by atoms with Crippen LogP contribution in [0, 0.1) is 23.7 Å². The van der Waals surface area contributed by atoms with Crippen molar-refractivity contribution < 1.29 is 4.79 Å². The highest BCUT2D eigenvalue weighted by molar-refractivity contribution is 9.10.